The third kappa shape index (κ3) is 7.19. The van der Waals surface area contributed by atoms with E-state index in [0.29, 0.717) is 5.92 Å². The van der Waals surface area contributed by atoms with Gasteiger partial charge in [0.15, 0.2) is 0 Å². The van der Waals surface area contributed by atoms with Crippen molar-refractivity contribution < 1.29 is 9.53 Å². The molecule has 2 fully saturated rings. The molecule has 0 spiro atoms. The number of hydrogen-bond donors (Lipinski definition) is 1. The van der Waals surface area contributed by atoms with Gasteiger partial charge in [-0.2, -0.15) is 0 Å². The predicted octanol–water partition coefficient (Wildman–Crippen LogP) is 1.73. The standard InChI is InChI=1S/C18H35N3O2/c1-16-7-3-4-8-17(16)23-15-18(22)19-9-5-6-10-21-13-11-20(2)12-14-21/h16-17H,3-15H2,1-2H3,(H,19,22)/t16-,17+/m0/s1. The molecule has 1 amide bonds. The number of hydrogen-bond acceptors (Lipinski definition) is 4. The molecule has 1 saturated carbocycles. The molecule has 1 N–H and O–H groups in total. The molecule has 0 aromatic heterocycles. The van der Waals surface area contributed by atoms with Gasteiger partial charge in [0.05, 0.1) is 6.10 Å². The fourth-order valence-corrected chi connectivity index (χ4v) is 3.52. The summed E-state index contributed by atoms with van der Waals surface area (Å²) >= 11 is 0. The zero-order valence-electron chi connectivity index (χ0n) is 15.1. The fourth-order valence-electron chi connectivity index (χ4n) is 3.52. The smallest absolute Gasteiger partial charge is 0.246 e. The summed E-state index contributed by atoms with van der Waals surface area (Å²) in [6.07, 6.45) is 7.39. The van der Waals surface area contributed by atoms with Crippen LogP contribution in [0.4, 0.5) is 0 Å². The number of rotatable bonds is 8. The van der Waals surface area contributed by atoms with Crippen molar-refractivity contribution >= 4 is 5.91 Å². The number of carbonyl (C=O) groups is 1. The SMILES string of the molecule is C[C@H]1CCCC[C@H]1OCC(=O)NCCCCN1CCN(C)CC1. The van der Waals surface area contributed by atoms with Gasteiger partial charge >= 0.3 is 0 Å². The molecule has 2 aliphatic rings. The Hall–Kier alpha value is -0.650. The van der Waals surface area contributed by atoms with E-state index >= 15 is 0 Å². The Labute approximate surface area is 141 Å². The first-order valence-corrected chi connectivity index (χ1v) is 9.44. The molecule has 1 aliphatic heterocycles. The maximum Gasteiger partial charge on any atom is 0.246 e. The first-order chi connectivity index (χ1) is 11.1. The normalized spacial score (nSPS) is 27.0. The van der Waals surface area contributed by atoms with E-state index in [1.165, 1.54) is 45.4 Å². The maximum absolute atomic E-state index is 11.8. The Balaban J connectivity index is 1.45. The van der Waals surface area contributed by atoms with Crippen molar-refractivity contribution in [3.8, 4) is 0 Å². The third-order valence-corrected chi connectivity index (χ3v) is 5.28. The van der Waals surface area contributed by atoms with Gasteiger partial charge in [-0.3, -0.25) is 4.79 Å². The van der Waals surface area contributed by atoms with Crippen molar-refractivity contribution in [1.29, 1.82) is 0 Å². The number of amides is 1. The average molecular weight is 325 g/mol. The van der Waals surface area contributed by atoms with Crippen LogP contribution >= 0.6 is 0 Å². The van der Waals surface area contributed by atoms with E-state index in [9.17, 15) is 4.79 Å². The summed E-state index contributed by atoms with van der Waals surface area (Å²) in [7, 11) is 2.18. The van der Waals surface area contributed by atoms with E-state index in [-0.39, 0.29) is 18.6 Å². The Kier molecular flexibility index (Phi) is 8.34. The maximum atomic E-state index is 11.8. The second kappa shape index (κ2) is 10.3. The molecule has 1 aliphatic carbocycles. The highest BCUT2D eigenvalue weighted by Crippen LogP contribution is 2.25. The van der Waals surface area contributed by atoms with Gasteiger partial charge in [-0.1, -0.05) is 19.8 Å². The number of unbranched alkanes of at least 4 members (excludes halogenated alkanes) is 1. The zero-order valence-corrected chi connectivity index (χ0v) is 15.1. The molecular weight excluding hydrogens is 290 g/mol. The average Bonchev–Trinajstić information content (AvgIpc) is 2.55. The number of likely N-dealkylation sites (N-methyl/N-ethyl adjacent to an activating group) is 1. The van der Waals surface area contributed by atoms with Gasteiger partial charge < -0.3 is 19.9 Å². The summed E-state index contributed by atoms with van der Waals surface area (Å²) in [5.74, 6) is 0.641. The molecule has 5 heteroatoms. The molecule has 5 nitrogen and oxygen atoms in total. The molecular formula is C18H35N3O2. The molecule has 134 valence electrons. The van der Waals surface area contributed by atoms with Crippen LogP contribution in [-0.4, -0.2) is 74.7 Å². The molecule has 2 rings (SSSR count). The number of carbonyl (C=O) groups excluding carboxylic acids is 1. The Morgan fingerprint density at radius 1 is 1.13 bits per heavy atom. The van der Waals surface area contributed by atoms with E-state index in [2.05, 4.69) is 29.1 Å². The summed E-state index contributed by atoms with van der Waals surface area (Å²) in [5, 5.41) is 2.99. The Morgan fingerprint density at radius 2 is 1.87 bits per heavy atom. The lowest BCUT2D eigenvalue weighted by Gasteiger charge is -2.32. The van der Waals surface area contributed by atoms with Crippen molar-refractivity contribution in [1.82, 2.24) is 15.1 Å². The van der Waals surface area contributed by atoms with E-state index in [1.807, 2.05) is 0 Å². The van der Waals surface area contributed by atoms with Crippen LogP contribution in [-0.2, 0) is 9.53 Å². The van der Waals surface area contributed by atoms with Crippen molar-refractivity contribution in [3.63, 3.8) is 0 Å². The molecule has 0 bridgehead atoms. The topological polar surface area (TPSA) is 44.8 Å². The van der Waals surface area contributed by atoms with E-state index in [4.69, 9.17) is 4.74 Å². The van der Waals surface area contributed by atoms with Crippen LogP contribution in [0.25, 0.3) is 0 Å². The van der Waals surface area contributed by atoms with Crippen LogP contribution < -0.4 is 5.32 Å². The summed E-state index contributed by atoms with van der Waals surface area (Å²) in [5.41, 5.74) is 0. The first kappa shape index (κ1) is 18.7. The molecule has 23 heavy (non-hydrogen) atoms. The summed E-state index contributed by atoms with van der Waals surface area (Å²) in [6, 6.07) is 0. The third-order valence-electron chi connectivity index (χ3n) is 5.28. The van der Waals surface area contributed by atoms with Crippen LogP contribution in [0.2, 0.25) is 0 Å². The summed E-state index contributed by atoms with van der Waals surface area (Å²) in [6.45, 7) is 9.09. The minimum Gasteiger partial charge on any atom is -0.368 e. The fraction of sp³-hybridized carbons (Fsp3) is 0.944. The van der Waals surface area contributed by atoms with Gasteiger partial charge in [0.25, 0.3) is 0 Å². The summed E-state index contributed by atoms with van der Waals surface area (Å²) in [4.78, 5) is 16.7. The van der Waals surface area contributed by atoms with Crippen LogP contribution in [0.1, 0.15) is 45.4 Å². The first-order valence-electron chi connectivity index (χ1n) is 9.44. The number of ether oxygens (including phenoxy) is 1. The lowest BCUT2D eigenvalue weighted by molar-refractivity contribution is -0.129. The monoisotopic (exact) mass is 325 g/mol. The second-order valence-corrected chi connectivity index (χ2v) is 7.31. The van der Waals surface area contributed by atoms with Crippen molar-refractivity contribution in [3.05, 3.63) is 0 Å². The quantitative estimate of drug-likeness (QED) is 0.690. The van der Waals surface area contributed by atoms with Crippen molar-refractivity contribution in [2.75, 3.05) is 52.9 Å². The van der Waals surface area contributed by atoms with Gasteiger partial charge in [-0.15, -0.1) is 0 Å². The van der Waals surface area contributed by atoms with Gasteiger partial charge in [0.1, 0.15) is 6.61 Å². The van der Waals surface area contributed by atoms with E-state index < -0.39 is 0 Å². The van der Waals surface area contributed by atoms with Crippen LogP contribution in [0.5, 0.6) is 0 Å². The van der Waals surface area contributed by atoms with E-state index in [0.717, 1.165) is 32.4 Å². The highest BCUT2D eigenvalue weighted by Gasteiger charge is 2.22. The second-order valence-electron chi connectivity index (χ2n) is 7.31. The molecule has 0 aromatic carbocycles. The lowest BCUT2D eigenvalue weighted by atomic mass is 9.88. The molecule has 0 unspecified atom stereocenters. The molecule has 1 saturated heterocycles. The largest absolute Gasteiger partial charge is 0.368 e. The minimum atomic E-state index is 0.0439. The molecule has 2 atom stereocenters. The van der Waals surface area contributed by atoms with Gasteiger partial charge in [0, 0.05) is 32.7 Å². The van der Waals surface area contributed by atoms with Crippen LogP contribution in [0.3, 0.4) is 0 Å². The van der Waals surface area contributed by atoms with Crippen LogP contribution in [0, 0.1) is 5.92 Å². The lowest BCUT2D eigenvalue weighted by Crippen LogP contribution is -2.44. The zero-order chi connectivity index (χ0) is 16.5. The van der Waals surface area contributed by atoms with E-state index in [1.54, 1.807) is 0 Å². The molecule has 0 aromatic rings. The van der Waals surface area contributed by atoms with Gasteiger partial charge in [0.2, 0.25) is 5.91 Å². The predicted molar refractivity (Wildman–Crippen MR) is 93.6 cm³/mol. The molecule has 1 heterocycles. The number of nitrogens with one attached hydrogen (secondary N) is 1. The van der Waals surface area contributed by atoms with Crippen molar-refractivity contribution in [2.45, 2.75) is 51.6 Å². The van der Waals surface area contributed by atoms with Crippen molar-refractivity contribution in [2.24, 2.45) is 5.92 Å². The number of piperazine rings is 1. The highest BCUT2D eigenvalue weighted by molar-refractivity contribution is 5.77. The summed E-state index contributed by atoms with van der Waals surface area (Å²) < 4.78 is 5.79. The van der Waals surface area contributed by atoms with Gasteiger partial charge in [-0.25, -0.2) is 0 Å². The minimum absolute atomic E-state index is 0.0439. The van der Waals surface area contributed by atoms with Gasteiger partial charge in [-0.05, 0) is 45.2 Å². The Bertz CT molecular complexity index is 343. The number of nitrogens with zero attached hydrogens (tertiary/aromatic N) is 2. The van der Waals surface area contributed by atoms with Crippen LogP contribution in [0.15, 0.2) is 0 Å². The molecule has 0 radical (unpaired) electrons. The Morgan fingerprint density at radius 3 is 2.61 bits per heavy atom. The highest BCUT2D eigenvalue weighted by atomic mass is 16.5.